The molecule has 11 heteroatoms. The first-order valence-corrected chi connectivity index (χ1v) is 19.5. The van der Waals surface area contributed by atoms with Gasteiger partial charge in [-0.25, -0.2) is 19.9 Å². The summed E-state index contributed by atoms with van der Waals surface area (Å²) in [5, 5.41) is 5.65. The van der Waals surface area contributed by atoms with Crippen molar-refractivity contribution < 1.29 is 58.5 Å². The predicted octanol–water partition coefficient (Wildman–Crippen LogP) is 11.9. The third-order valence-corrected chi connectivity index (χ3v) is 10.8. The Hall–Kier alpha value is -6.92. The minimum Gasteiger partial charge on any atom is -0.509 e. The number of hydrogen-bond donors (Lipinski definition) is 0. The van der Waals surface area contributed by atoms with E-state index in [0.29, 0.717) is 34.0 Å². The first-order chi connectivity index (χ1) is 32.1. The number of benzene rings is 6. The van der Waals surface area contributed by atoms with Crippen LogP contribution >= 0.6 is 0 Å². The third kappa shape index (κ3) is 6.80. The van der Waals surface area contributed by atoms with E-state index in [1.165, 1.54) is 12.4 Å². The Morgan fingerprint density at radius 3 is 1.27 bits per heavy atom. The maximum atomic E-state index is 8.34. The van der Waals surface area contributed by atoms with Gasteiger partial charge in [-0.2, -0.15) is 35.0 Å². The fourth-order valence-corrected chi connectivity index (χ4v) is 8.20. The van der Waals surface area contributed by atoms with Crippen molar-refractivity contribution in [1.29, 1.82) is 0 Å². The second-order valence-electron chi connectivity index (χ2n) is 14.4. The van der Waals surface area contributed by atoms with Crippen molar-refractivity contribution in [1.82, 2.24) is 33.6 Å². The van der Waals surface area contributed by atoms with Crippen LogP contribution in [0.3, 0.4) is 0 Å². The van der Waals surface area contributed by atoms with E-state index < -0.39 is 13.2 Å². The zero-order chi connectivity index (χ0) is 44.7. The van der Waals surface area contributed by atoms with E-state index in [0.717, 1.165) is 66.0 Å². The molecule has 63 heavy (non-hydrogen) atoms. The van der Waals surface area contributed by atoms with Gasteiger partial charge in [0.1, 0.15) is 11.6 Å². The topological polar surface area (TPSA) is 84.8 Å². The predicted molar refractivity (Wildman–Crippen MR) is 238 cm³/mol. The minimum atomic E-state index is -2.94. The molecule has 0 unspecified atom stereocenters. The average molecular weight is 1180 g/mol. The van der Waals surface area contributed by atoms with E-state index in [9.17, 15) is 0 Å². The number of aryl methyl sites for hydroxylation is 1. The van der Waals surface area contributed by atoms with E-state index in [1.54, 1.807) is 17.0 Å². The van der Waals surface area contributed by atoms with Gasteiger partial charge in [-0.3, -0.25) is 0 Å². The quantitative estimate of drug-likeness (QED) is 0.141. The molecule has 0 aliphatic heterocycles. The molecule has 0 saturated carbocycles. The van der Waals surface area contributed by atoms with Crippen molar-refractivity contribution in [2.45, 2.75) is 13.2 Å². The fraction of sp³-hybridized carbons (Fsp3) is 0.0385. The molecule has 0 aliphatic rings. The van der Waals surface area contributed by atoms with Crippen LogP contribution in [0.4, 0.5) is 0 Å². The van der Waals surface area contributed by atoms with Crippen LogP contribution in [0.1, 0.15) is 19.3 Å². The maximum Gasteiger partial charge on any atom is 2.00 e. The van der Waals surface area contributed by atoms with E-state index in [4.69, 9.17) is 16.3 Å². The van der Waals surface area contributed by atoms with Crippen molar-refractivity contribution in [3.8, 4) is 40.6 Å². The molecular formula is C52H31N7O2Pt2. The molecule has 0 N–H and O–H groups in total. The zero-order valence-electron chi connectivity index (χ0n) is 37.6. The number of aromatic nitrogens is 7. The molecule has 12 aromatic rings. The molecule has 306 valence electrons. The summed E-state index contributed by atoms with van der Waals surface area (Å²) in [6, 6.07) is 56.9. The Morgan fingerprint density at radius 2 is 0.857 bits per heavy atom. The summed E-state index contributed by atoms with van der Waals surface area (Å²) in [7, 11) is 0. The van der Waals surface area contributed by atoms with Gasteiger partial charge in [0.2, 0.25) is 5.95 Å². The Bertz CT molecular complexity index is 3640. The molecule has 0 atom stereocenters. The summed E-state index contributed by atoms with van der Waals surface area (Å²) in [6.45, 7) is -2.94. The minimum absolute atomic E-state index is 0. The summed E-state index contributed by atoms with van der Waals surface area (Å²) in [5.41, 5.74) is 4.44. The number of nitrogens with zero attached hydrogens (tertiary/aromatic N) is 7. The molecule has 0 radical (unpaired) electrons. The Labute approximate surface area is 397 Å². The second-order valence-corrected chi connectivity index (χ2v) is 14.4. The van der Waals surface area contributed by atoms with Crippen LogP contribution < -0.4 is 9.47 Å². The van der Waals surface area contributed by atoms with Gasteiger partial charge in [-0.15, -0.1) is 59.3 Å². The SMILES string of the molecule is [2H]C([2H])([2H])C([2H])([2H])c1cnc(-n2c3[c-]c(Oc4[c-]c5c(cc4)c4ccccc4n5-c4ccccn4)ccc3c3ccc(Oc4[c-]c5c(cc4)c4ccccc4n5-c4ccccn4)[c-]c32)nc1.[Pt+2].[Pt+2]. The van der Waals surface area contributed by atoms with Gasteiger partial charge in [0.05, 0.1) is 0 Å². The van der Waals surface area contributed by atoms with Crippen LogP contribution in [0, 0.1) is 24.3 Å². The molecule has 0 amide bonds. The summed E-state index contributed by atoms with van der Waals surface area (Å²) in [5.74, 6) is 3.28. The molecule has 0 bridgehead atoms. The molecule has 9 nitrogen and oxygen atoms in total. The molecular weight excluding hydrogens is 1140 g/mol. The Balaban J connectivity index is 0.00000269. The van der Waals surface area contributed by atoms with Gasteiger partial charge in [-0.1, -0.05) is 77.4 Å². The molecule has 0 aliphatic carbocycles. The number of ether oxygens (including phenoxy) is 2. The Kier molecular flexibility index (Phi) is 9.02. The number of pyridine rings is 2. The van der Waals surface area contributed by atoms with E-state index in [-0.39, 0.29) is 53.6 Å². The first-order valence-electron chi connectivity index (χ1n) is 22.0. The molecule has 0 fully saturated rings. The van der Waals surface area contributed by atoms with Crippen molar-refractivity contribution in [3.05, 3.63) is 188 Å². The smallest absolute Gasteiger partial charge is 0.509 e. The summed E-state index contributed by atoms with van der Waals surface area (Å²) in [4.78, 5) is 18.3. The molecule has 0 saturated heterocycles. The van der Waals surface area contributed by atoms with Crippen molar-refractivity contribution in [3.63, 3.8) is 0 Å². The van der Waals surface area contributed by atoms with Crippen molar-refractivity contribution >= 4 is 65.4 Å². The van der Waals surface area contributed by atoms with Crippen molar-refractivity contribution in [2.24, 2.45) is 0 Å². The van der Waals surface area contributed by atoms with E-state index in [2.05, 4.69) is 77.6 Å². The number of para-hydroxylation sites is 2. The largest absolute Gasteiger partial charge is 2.00 e. The number of rotatable bonds is 8. The molecule has 6 heterocycles. The molecule has 12 rings (SSSR count). The average Bonchev–Trinajstić information content (AvgIpc) is 3.96. The summed E-state index contributed by atoms with van der Waals surface area (Å²) >= 11 is 0. The molecule has 0 spiro atoms. The van der Waals surface area contributed by atoms with Crippen molar-refractivity contribution in [2.75, 3.05) is 0 Å². The zero-order valence-corrected chi connectivity index (χ0v) is 37.1. The second kappa shape index (κ2) is 16.4. The van der Waals surface area contributed by atoms with E-state index >= 15 is 0 Å². The first kappa shape index (κ1) is 34.6. The van der Waals surface area contributed by atoms with Gasteiger partial charge in [0.15, 0.2) is 0 Å². The van der Waals surface area contributed by atoms with Gasteiger partial charge >= 0.3 is 42.1 Å². The monoisotopic (exact) mass is 1180 g/mol. The standard InChI is InChI=1S/C52H31N7O2.2Pt/c1-2-33-31-55-52(56-32-33)59-48-29-36(60-34-17-21-40-38-11-3-5-13-44(38)57(46(40)27-34)50-15-7-9-25-53-50)19-23-42(48)43-24-20-37(30-49(43)59)61-35-18-22-41-39-12-4-6-14-45(39)58(47(41)28-35)51-16-8-10-26-54-51;;/h3-26,31-32H,2H2,1H3;;/q-4;2*+2/i1D3,2D2;;. The van der Waals surface area contributed by atoms with Gasteiger partial charge in [0, 0.05) is 65.7 Å². The van der Waals surface area contributed by atoms with Crippen LogP contribution in [0.25, 0.3) is 83.0 Å². The maximum absolute atomic E-state index is 8.34. The van der Waals surface area contributed by atoms with Crippen LogP contribution in [-0.2, 0) is 48.5 Å². The Morgan fingerprint density at radius 1 is 0.460 bits per heavy atom. The number of hydrogen-bond acceptors (Lipinski definition) is 6. The van der Waals surface area contributed by atoms with Crippen LogP contribution in [-0.4, -0.2) is 33.6 Å². The van der Waals surface area contributed by atoms with E-state index in [1.807, 2.05) is 109 Å². The molecule has 6 aromatic carbocycles. The summed E-state index contributed by atoms with van der Waals surface area (Å²) in [6.07, 6.45) is 3.22. The summed E-state index contributed by atoms with van der Waals surface area (Å²) < 4.78 is 59.0. The normalized spacial score (nSPS) is 13.0. The van der Waals surface area contributed by atoms with Gasteiger partial charge < -0.3 is 23.2 Å². The van der Waals surface area contributed by atoms with Gasteiger partial charge in [0.25, 0.3) is 0 Å². The third-order valence-electron chi connectivity index (χ3n) is 10.8. The molecule has 6 aromatic heterocycles. The fourth-order valence-electron chi connectivity index (χ4n) is 8.20. The van der Waals surface area contributed by atoms with Crippen LogP contribution in [0.2, 0.25) is 0 Å². The van der Waals surface area contributed by atoms with Gasteiger partial charge in [-0.05, 0) is 59.1 Å². The van der Waals surface area contributed by atoms with Crippen LogP contribution in [0.5, 0.6) is 23.0 Å². The van der Waals surface area contributed by atoms with Crippen LogP contribution in [0.15, 0.2) is 158 Å². The number of fused-ring (bicyclic) bond motifs is 9.